The summed E-state index contributed by atoms with van der Waals surface area (Å²) in [5.41, 5.74) is 1.67. The van der Waals surface area contributed by atoms with Gasteiger partial charge in [-0.3, -0.25) is 0 Å². The maximum Gasteiger partial charge on any atom is 0.0122 e. The molecule has 1 fully saturated rings. The van der Waals surface area contributed by atoms with Crippen LogP contribution >= 0.6 is 11.8 Å². The quantitative estimate of drug-likeness (QED) is 0.417. The predicted molar refractivity (Wildman–Crippen MR) is 116 cm³/mol. The largest absolute Gasteiger partial charge is 0.0901 e. The van der Waals surface area contributed by atoms with Gasteiger partial charge in [-0.15, -0.1) is 0 Å². The van der Waals surface area contributed by atoms with Gasteiger partial charge in [-0.2, -0.15) is 0 Å². The highest BCUT2D eigenvalue weighted by molar-refractivity contribution is 7.99. The first-order chi connectivity index (χ1) is 12.9. The van der Waals surface area contributed by atoms with Crippen LogP contribution in [-0.2, 0) is 0 Å². The zero-order valence-electron chi connectivity index (χ0n) is 15.6. The summed E-state index contributed by atoms with van der Waals surface area (Å²) in [5.74, 6) is 0. The van der Waals surface area contributed by atoms with Gasteiger partial charge in [-0.25, -0.2) is 0 Å². The van der Waals surface area contributed by atoms with Gasteiger partial charge in [-0.05, 0) is 56.9 Å². The topological polar surface area (TPSA) is 0 Å². The van der Waals surface area contributed by atoms with Crippen molar-refractivity contribution in [2.75, 3.05) is 0 Å². The molecule has 0 bridgehead atoms. The van der Waals surface area contributed by atoms with E-state index in [9.17, 15) is 0 Å². The third-order valence-electron chi connectivity index (χ3n) is 4.04. The van der Waals surface area contributed by atoms with Gasteiger partial charge in [0.05, 0.1) is 0 Å². The summed E-state index contributed by atoms with van der Waals surface area (Å²) in [6, 6.07) is 32.8. The maximum absolute atomic E-state index is 2.26. The first-order valence-corrected chi connectivity index (χ1v) is 10.1. The molecular formula is C25H28S. The van der Waals surface area contributed by atoms with Crippen molar-refractivity contribution < 1.29 is 0 Å². The van der Waals surface area contributed by atoms with E-state index in [0.29, 0.717) is 0 Å². The van der Waals surface area contributed by atoms with Crippen molar-refractivity contribution in [1.29, 1.82) is 0 Å². The van der Waals surface area contributed by atoms with Crippen LogP contribution in [0.1, 0.15) is 32.6 Å². The Balaban J connectivity index is 0.000000157. The molecule has 3 aromatic carbocycles. The first kappa shape index (κ1) is 20.1. The Hall–Kier alpha value is -2.25. The van der Waals surface area contributed by atoms with Crippen molar-refractivity contribution in [1.82, 2.24) is 0 Å². The smallest absolute Gasteiger partial charge is 0.0122 e. The van der Waals surface area contributed by atoms with Gasteiger partial charge in [0.25, 0.3) is 0 Å². The average molecular weight is 361 g/mol. The van der Waals surface area contributed by atoms with E-state index in [-0.39, 0.29) is 0 Å². The van der Waals surface area contributed by atoms with Crippen LogP contribution in [0.4, 0.5) is 0 Å². The molecule has 134 valence electrons. The predicted octanol–water partition coefficient (Wildman–Crippen LogP) is 8.03. The molecule has 0 aromatic heterocycles. The minimum absolute atomic E-state index is 1.29. The van der Waals surface area contributed by atoms with Crippen molar-refractivity contribution >= 4 is 11.8 Å². The molecule has 0 amide bonds. The van der Waals surface area contributed by atoms with Crippen LogP contribution in [0.5, 0.6) is 0 Å². The van der Waals surface area contributed by atoms with Gasteiger partial charge in [0.15, 0.2) is 0 Å². The Morgan fingerprint density at radius 2 is 0.923 bits per heavy atom. The summed E-state index contributed by atoms with van der Waals surface area (Å²) in [5, 5.41) is 0. The summed E-state index contributed by atoms with van der Waals surface area (Å²) in [6.07, 6.45) is 7.86. The van der Waals surface area contributed by atoms with Gasteiger partial charge in [-0.1, -0.05) is 96.2 Å². The van der Waals surface area contributed by atoms with Crippen LogP contribution < -0.4 is 0 Å². The standard InChI is InChI=1S/C12H10S.C7H12.C6H6/c1-3-7-11(8-4-1)13-12-9-5-2-6-10-12;1-2-7-5-3-4-6-7;1-2-4-6-5-3-1/h1-10H;2H,3-6H2,1H3;1-6H. The molecule has 4 rings (SSSR count). The number of rotatable bonds is 2. The fraction of sp³-hybridized carbons (Fsp3) is 0.200. The van der Waals surface area contributed by atoms with Crippen LogP contribution in [0.2, 0.25) is 0 Å². The fourth-order valence-corrected chi connectivity index (χ4v) is 3.47. The van der Waals surface area contributed by atoms with E-state index in [1.165, 1.54) is 35.5 Å². The molecule has 0 aliphatic heterocycles. The molecule has 0 saturated heterocycles. The number of allylic oxidation sites excluding steroid dienone is 2. The summed E-state index contributed by atoms with van der Waals surface area (Å²) >= 11 is 1.79. The SMILES string of the molecule is CC=C1CCCC1.c1ccc(Sc2ccccc2)cc1.c1ccccc1. The molecule has 0 spiro atoms. The van der Waals surface area contributed by atoms with E-state index in [0.717, 1.165) is 0 Å². The summed E-state index contributed by atoms with van der Waals surface area (Å²) in [4.78, 5) is 2.57. The van der Waals surface area contributed by atoms with Crippen LogP contribution in [-0.4, -0.2) is 0 Å². The summed E-state index contributed by atoms with van der Waals surface area (Å²) in [6.45, 7) is 2.14. The van der Waals surface area contributed by atoms with Crippen molar-refractivity contribution in [2.45, 2.75) is 42.4 Å². The van der Waals surface area contributed by atoms with Gasteiger partial charge < -0.3 is 0 Å². The molecule has 26 heavy (non-hydrogen) atoms. The molecule has 0 N–H and O–H groups in total. The summed E-state index contributed by atoms with van der Waals surface area (Å²) in [7, 11) is 0. The fourth-order valence-electron chi connectivity index (χ4n) is 2.62. The third kappa shape index (κ3) is 8.73. The van der Waals surface area contributed by atoms with Crippen LogP contribution in [0.3, 0.4) is 0 Å². The lowest BCUT2D eigenvalue weighted by Gasteiger charge is -1.99. The molecule has 0 radical (unpaired) electrons. The van der Waals surface area contributed by atoms with Crippen molar-refractivity contribution in [3.05, 3.63) is 109 Å². The van der Waals surface area contributed by atoms with Gasteiger partial charge in [0.2, 0.25) is 0 Å². The van der Waals surface area contributed by atoms with Crippen molar-refractivity contribution in [3.8, 4) is 0 Å². The van der Waals surface area contributed by atoms with Crippen LogP contribution in [0.15, 0.2) is 119 Å². The van der Waals surface area contributed by atoms with Gasteiger partial charge >= 0.3 is 0 Å². The Bertz CT molecular complexity index is 646. The molecule has 0 nitrogen and oxygen atoms in total. The molecule has 1 aliphatic rings. The highest BCUT2D eigenvalue weighted by Crippen LogP contribution is 2.26. The molecule has 1 aliphatic carbocycles. The van der Waals surface area contributed by atoms with E-state index in [2.05, 4.69) is 61.5 Å². The van der Waals surface area contributed by atoms with Crippen LogP contribution in [0.25, 0.3) is 0 Å². The highest BCUT2D eigenvalue weighted by Gasteiger charge is 2.02. The minimum Gasteiger partial charge on any atom is -0.0901 e. The number of hydrogen-bond donors (Lipinski definition) is 0. The second-order valence-electron chi connectivity index (χ2n) is 6.04. The minimum atomic E-state index is 1.29. The zero-order chi connectivity index (χ0) is 18.3. The number of hydrogen-bond acceptors (Lipinski definition) is 1. The molecule has 0 heterocycles. The second-order valence-corrected chi connectivity index (χ2v) is 7.18. The molecule has 0 unspecified atom stereocenters. The van der Waals surface area contributed by atoms with E-state index in [1.54, 1.807) is 17.3 Å². The zero-order valence-corrected chi connectivity index (χ0v) is 16.4. The highest BCUT2D eigenvalue weighted by atomic mass is 32.2. The monoisotopic (exact) mass is 360 g/mol. The molecule has 0 atom stereocenters. The third-order valence-corrected chi connectivity index (χ3v) is 5.06. The molecule has 3 aromatic rings. The Morgan fingerprint density at radius 3 is 1.23 bits per heavy atom. The lowest BCUT2D eigenvalue weighted by Crippen LogP contribution is -1.70. The Labute approximate surface area is 163 Å². The van der Waals surface area contributed by atoms with Crippen molar-refractivity contribution in [2.24, 2.45) is 0 Å². The van der Waals surface area contributed by atoms with Gasteiger partial charge in [0.1, 0.15) is 0 Å². The molecule has 1 heteroatoms. The van der Waals surface area contributed by atoms with E-state index >= 15 is 0 Å². The maximum atomic E-state index is 2.26. The Morgan fingerprint density at radius 1 is 0.577 bits per heavy atom. The molecule has 1 saturated carbocycles. The lowest BCUT2D eigenvalue weighted by atomic mass is 10.2. The van der Waals surface area contributed by atoms with Crippen LogP contribution in [0, 0.1) is 0 Å². The summed E-state index contributed by atoms with van der Waals surface area (Å²) < 4.78 is 0. The Kier molecular flexibility index (Phi) is 10.0. The normalized spacial score (nSPS) is 12.3. The van der Waals surface area contributed by atoms with E-state index < -0.39 is 0 Å². The van der Waals surface area contributed by atoms with Gasteiger partial charge in [0, 0.05) is 9.79 Å². The number of benzene rings is 3. The van der Waals surface area contributed by atoms with Crippen molar-refractivity contribution in [3.63, 3.8) is 0 Å². The molecular weight excluding hydrogens is 332 g/mol. The second kappa shape index (κ2) is 13.0. The first-order valence-electron chi connectivity index (χ1n) is 9.30. The van der Waals surface area contributed by atoms with E-state index in [4.69, 9.17) is 0 Å². The lowest BCUT2D eigenvalue weighted by molar-refractivity contribution is 0.886. The van der Waals surface area contributed by atoms with E-state index in [1.807, 2.05) is 48.5 Å². The average Bonchev–Trinajstić information content (AvgIpc) is 3.26.